The van der Waals surface area contributed by atoms with Gasteiger partial charge in [0.1, 0.15) is 0 Å². The second-order valence-corrected chi connectivity index (χ2v) is 5.79. The molecule has 1 saturated carbocycles. The third-order valence-electron chi connectivity index (χ3n) is 4.86. The molecule has 0 radical (unpaired) electrons. The van der Waals surface area contributed by atoms with Crippen molar-refractivity contribution in [2.75, 3.05) is 0 Å². The average Bonchev–Trinajstić information content (AvgIpc) is 2.36. The molecule has 0 aromatic heterocycles. The van der Waals surface area contributed by atoms with Crippen molar-refractivity contribution in [1.29, 1.82) is 0 Å². The third-order valence-corrected chi connectivity index (χ3v) is 4.86. The Balaban J connectivity index is 2.11. The zero-order chi connectivity index (χ0) is 11.4. The minimum absolute atomic E-state index is 0.999. The highest BCUT2D eigenvalue weighted by Gasteiger charge is 2.31. The number of fused-ring (bicyclic) bond motifs is 1. The molecular weight excluding hydrogens is 192 g/mol. The summed E-state index contributed by atoms with van der Waals surface area (Å²) >= 11 is 0. The van der Waals surface area contributed by atoms with E-state index in [1.54, 1.807) is 0 Å². The van der Waals surface area contributed by atoms with Gasteiger partial charge in [0.05, 0.1) is 0 Å². The Labute approximate surface area is 102 Å². The summed E-state index contributed by atoms with van der Waals surface area (Å²) in [5.41, 5.74) is 3.81. The maximum absolute atomic E-state index is 2.40. The quantitative estimate of drug-likeness (QED) is 0.550. The molecule has 0 amide bonds. The van der Waals surface area contributed by atoms with E-state index in [1.165, 1.54) is 64.2 Å². The average molecular weight is 220 g/mol. The Morgan fingerprint density at radius 3 is 2.69 bits per heavy atom. The molecule has 2 atom stereocenters. The van der Waals surface area contributed by atoms with Crippen LogP contribution < -0.4 is 0 Å². The molecule has 2 rings (SSSR count). The van der Waals surface area contributed by atoms with Gasteiger partial charge in [-0.25, -0.2) is 0 Å². The lowest BCUT2D eigenvalue weighted by atomic mass is 9.67. The van der Waals surface area contributed by atoms with Crippen LogP contribution in [0.3, 0.4) is 0 Å². The minimum atomic E-state index is 0.999. The molecule has 0 aliphatic heterocycles. The fourth-order valence-electron chi connectivity index (χ4n) is 3.88. The maximum Gasteiger partial charge on any atom is -0.0172 e. The van der Waals surface area contributed by atoms with Crippen molar-refractivity contribution in [3.63, 3.8) is 0 Å². The highest BCUT2D eigenvalue weighted by molar-refractivity contribution is 5.23. The van der Waals surface area contributed by atoms with Gasteiger partial charge < -0.3 is 0 Å². The van der Waals surface area contributed by atoms with Crippen molar-refractivity contribution in [3.05, 3.63) is 11.1 Å². The topological polar surface area (TPSA) is 0 Å². The summed E-state index contributed by atoms with van der Waals surface area (Å²) in [7, 11) is 0. The Kier molecular flexibility index (Phi) is 4.49. The highest BCUT2D eigenvalue weighted by atomic mass is 14.4. The fourth-order valence-corrected chi connectivity index (χ4v) is 3.88. The van der Waals surface area contributed by atoms with Crippen LogP contribution in [0.2, 0.25) is 0 Å². The lowest BCUT2D eigenvalue weighted by molar-refractivity contribution is 0.267. The van der Waals surface area contributed by atoms with Crippen molar-refractivity contribution in [2.24, 2.45) is 11.8 Å². The lowest BCUT2D eigenvalue weighted by Crippen LogP contribution is -2.25. The number of hydrogen-bond donors (Lipinski definition) is 0. The smallest absolute Gasteiger partial charge is 0.0172 e. The first-order valence-electron chi connectivity index (χ1n) is 7.57. The summed E-state index contributed by atoms with van der Waals surface area (Å²) in [5.74, 6) is 2.03. The van der Waals surface area contributed by atoms with Gasteiger partial charge in [0.25, 0.3) is 0 Å². The van der Waals surface area contributed by atoms with Gasteiger partial charge in [-0.3, -0.25) is 0 Å². The molecule has 2 unspecified atom stereocenters. The normalized spacial score (nSPS) is 30.4. The molecule has 0 heteroatoms. The Morgan fingerprint density at radius 1 is 1.06 bits per heavy atom. The van der Waals surface area contributed by atoms with E-state index >= 15 is 0 Å². The van der Waals surface area contributed by atoms with Crippen LogP contribution in [0.15, 0.2) is 11.1 Å². The molecule has 0 heterocycles. The zero-order valence-corrected chi connectivity index (χ0v) is 11.2. The van der Waals surface area contributed by atoms with Crippen LogP contribution >= 0.6 is 0 Å². The molecule has 0 aromatic rings. The van der Waals surface area contributed by atoms with Crippen LogP contribution in [0.5, 0.6) is 0 Å². The van der Waals surface area contributed by atoms with E-state index in [9.17, 15) is 0 Å². The van der Waals surface area contributed by atoms with Crippen LogP contribution in [0.1, 0.15) is 78.1 Å². The van der Waals surface area contributed by atoms with Gasteiger partial charge in [0.15, 0.2) is 0 Å². The lowest BCUT2D eigenvalue weighted by Gasteiger charge is -2.38. The fraction of sp³-hybridized carbons (Fsp3) is 0.875. The molecule has 0 N–H and O–H groups in total. The summed E-state index contributed by atoms with van der Waals surface area (Å²) < 4.78 is 0. The van der Waals surface area contributed by atoms with Gasteiger partial charge in [-0.05, 0) is 56.8 Å². The molecule has 0 spiro atoms. The number of allylic oxidation sites excluding steroid dienone is 2. The van der Waals surface area contributed by atoms with Gasteiger partial charge in [0, 0.05) is 0 Å². The predicted molar refractivity (Wildman–Crippen MR) is 71.5 cm³/mol. The number of rotatable bonds is 4. The van der Waals surface area contributed by atoms with E-state index in [0.717, 1.165) is 11.8 Å². The summed E-state index contributed by atoms with van der Waals surface area (Å²) in [5, 5.41) is 0. The predicted octanol–water partition coefficient (Wildman–Crippen LogP) is 5.48. The van der Waals surface area contributed by atoms with E-state index in [1.807, 2.05) is 11.1 Å². The van der Waals surface area contributed by atoms with Crippen LogP contribution in [0.25, 0.3) is 0 Å². The monoisotopic (exact) mass is 220 g/mol. The molecule has 16 heavy (non-hydrogen) atoms. The molecule has 2 aliphatic rings. The minimum Gasteiger partial charge on any atom is -0.0707 e. The first-order valence-corrected chi connectivity index (χ1v) is 7.57. The SMILES string of the molecule is CCCCC1=C2CCCCC2C(CC)CC1. The third kappa shape index (κ3) is 2.52. The summed E-state index contributed by atoms with van der Waals surface area (Å²) in [6.07, 6.45) is 14.4. The standard InChI is InChI=1S/C16H28/c1-3-5-8-14-12-11-13(4-2)15-9-6-7-10-16(14)15/h13,15H,3-12H2,1-2H3. The number of hydrogen-bond acceptors (Lipinski definition) is 0. The van der Waals surface area contributed by atoms with Gasteiger partial charge >= 0.3 is 0 Å². The van der Waals surface area contributed by atoms with E-state index in [0.29, 0.717) is 0 Å². The molecule has 0 aromatic carbocycles. The Morgan fingerprint density at radius 2 is 1.94 bits per heavy atom. The molecule has 92 valence electrons. The van der Waals surface area contributed by atoms with E-state index in [-0.39, 0.29) is 0 Å². The maximum atomic E-state index is 2.40. The van der Waals surface area contributed by atoms with Crippen molar-refractivity contribution in [3.8, 4) is 0 Å². The van der Waals surface area contributed by atoms with Gasteiger partial charge in [-0.1, -0.05) is 44.3 Å². The zero-order valence-electron chi connectivity index (χ0n) is 11.2. The van der Waals surface area contributed by atoms with Crippen LogP contribution in [0.4, 0.5) is 0 Å². The van der Waals surface area contributed by atoms with Gasteiger partial charge in [-0.2, -0.15) is 0 Å². The second-order valence-electron chi connectivity index (χ2n) is 5.79. The van der Waals surface area contributed by atoms with Crippen molar-refractivity contribution in [2.45, 2.75) is 78.1 Å². The van der Waals surface area contributed by atoms with Crippen LogP contribution in [-0.2, 0) is 0 Å². The Hall–Kier alpha value is -0.260. The summed E-state index contributed by atoms with van der Waals surface area (Å²) in [6, 6.07) is 0. The Bertz CT molecular complexity index is 249. The molecule has 1 fully saturated rings. The van der Waals surface area contributed by atoms with Crippen molar-refractivity contribution < 1.29 is 0 Å². The van der Waals surface area contributed by atoms with Crippen molar-refractivity contribution >= 4 is 0 Å². The first kappa shape index (κ1) is 12.2. The van der Waals surface area contributed by atoms with Gasteiger partial charge in [0.2, 0.25) is 0 Å². The highest BCUT2D eigenvalue weighted by Crippen LogP contribution is 2.45. The van der Waals surface area contributed by atoms with E-state index < -0.39 is 0 Å². The van der Waals surface area contributed by atoms with Crippen LogP contribution in [0, 0.1) is 11.8 Å². The number of unbranched alkanes of at least 4 members (excludes halogenated alkanes) is 1. The van der Waals surface area contributed by atoms with Gasteiger partial charge in [-0.15, -0.1) is 0 Å². The van der Waals surface area contributed by atoms with Crippen LogP contribution in [-0.4, -0.2) is 0 Å². The molecule has 0 nitrogen and oxygen atoms in total. The molecule has 0 bridgehead atoms. The largest absolute Gasteiger partial charge is 0.0707 e. The second kappa shape index (κ2) is 5.89. The summed E-state index contributed by atoms with van der Waals surface area (Å²) in [4.78, 5) is 0. The molecular formula is C16H28. The molecule has 0 saturated heterocycles. The molecule has 2 aliphatic carbocycles. The summed E-state index contributed by atoms with van der Waals surface area (Å²) in [6.45, 7) is 4.72. The first-order chi connectivity index (χ1) is 7.86. The van der Waals surface area contributed by atoms with Crippen molar-refractivity contribution in [1.82, 2.24) is 0 Å². The van der Waals surface area contributed by atoms with E-state index in [2.05, 4.69) is 13.8 Å². The van der Waals surface area contributed by atoms with E-state index in [4.69, 9.17) is 0 Å².